The van der Waals surface area contributed by atoms with Gasteiger partial charge in [0.1, 0.15) is 5.88 Å². The Labute approximate surface area is 77.3 Å². The van der Waals surface area contributed by atoms with Crippen molar-refractivity contribution in [3.8, 4) is 0 Å². The Bertz CT molecular complexity index is 182. The maximum atomic E-state index is 11.1. The molecule has 1 atom stereocenters. The van der Waals surface area contributed by atoms with Crippen molar-refractivity contribution < 1.29 is 9.90 Å². The number of piperidine rings is 1. The molecule has 3 nitrogen and oxygen atoms in total. The largest absolute Gasteiger partial charge is 0.388 e. The van der Waals surface area contributed by atoms with Crippen LogP contribution in [0.2, 0.25) is 0 Å². The molecule has 1 aliphatic rings. The number of halogens is 1. The van der Waals surface area contributed by atoms with E-state index in [-0.39, 0.29) is 11.8 Å². The normalized spacial score (nSPS) is 30.4. The van der Waals surface area contributed by atoms with Crippen molar-refractivity contribution in [3.05, 3.63) is 0 Å². The Hall–Kier alpha value is -0.280. The summed E-state index contributed by atoms with van der Waals surface area (Å²) in [7, 11) is 0. The van der Waals surface area contributed by atoms with Crippen molar-refractivity contribution in [1.82, 2.24) is 4.90 Å². The predicted octanol–water partition coefficient (Wildman–Crippen LogP) is 0.599. The van der Waals surface area contributed by atoms with Crippen LogP contribution in [0.3, 0.4) is 0 Å². The summed E-state index contributed by atoms with van der Waals surface area (Å²) in [4.78, 5) is 12.8. The van der Waals surface area contributed by atoms with Crippen molar-refractivity contribution in [2.45, 2.75) is 25.4 Å². The average molecular weight is 192 g/mol. The van der Waals surface area contributed by atoms with Gasteiger partial charge in [-0.05, 0) is 19.8 Å². The maximum Gasteiger partial charge on any atom is 0.237 e. The highest BCUT2D eigenvalue weighted by atomic mass is 35.5. The molecule has 0 aliphatic carbocycles. The monoisotopic (exact) mass is 191 g/mol. The molecule has 0 aromatic heterocycles. The van der Waals surface area contributed by atoms with Gasteiger partial charge in [0.25, 0.3) is 0 Å². The Morgan fingerprint density at radius 1 is 1.75 bits per heavy atom. The number of carbonyl (C=O) groups excluding carboxylic acids is 1. The highest BCUT2D eigenvalue weighted by Gasteiger charge is 2.30. The number of rotatable bonds is 1. The molecule has 1 fully saturated rings. The number of alkyl halides is 1. The van der Waals surface area contributed by atoms with Crippen molar-refractivity contribution in [2.24, 2.45) is 0 Å². The topological polar surface area (TPSA) is 40.5 Å². The van der Waals surface area contributed by atoms with Gasteiger partial charge < -0.3 is 10.0 Å². The number of aliphatic hydroxyl groups is 1. The van der Waals surface area contributed by atoms with E-state index in [1.807, 2.05) is 0 Å². The molecular weight excluding hydrogens is 178 g/mol. The van der Waals surface area contributed by atoms with Crippen LogP contribution in [-0.4, -0.2) is 40.5 Å². The fourth-order valence-corrected chi connectivity index (χ4v) is 1.69. The van der Waals surface area contributed by atoms with E-state index < -0.39 is 5.60 Å². The molecule has 0 spiro atoms. The lowest BCUT2D eigenvalue weighted by atomic mass is 9.95. The molecule has 1 rings (SSSR count). The zero-order valence-electron chi connectivity index (χ0n) is 7.22. The van der Waals surface area contributed by atoms with Crippen molar-refractivity contribution >= 4 is 17.5 Å². The lowest BCUT2D eigenvalue weighted by molar-refractivity contribution is -0.134. The zero-order valence-corrected chi connectivity index (χ0v) is 7.97. The first-order valence-electron chi connectivity index (χ1n) is 4.11. The summed E-state index contributed by atoms with van der Waals surface area (Å²) in [6.45, 7) is 2.89. The first-order chi connectivity index (χ1) is 5.55. The van der Waals surface area contributed by atoms with E-state index in [1.165, 1.54) is 0 Å². The predicted molar refractivity (Wildman–Crippen MR) is 47.2 cm³/mol. The molecule has 4 heteroatoms. The maximum absolute atomic E-state index is 11.1. The van der Waals surface area contributed by atoms with Crippen LogP contribution in [0.5, 0.6) is 0 Å². The molecular formula is C8H14ClNO2. The number of nitrogens with zero attached hydrogens (tertiary/aromatic N) is 1. The van der Waals surface area contributed by atoms with Crippen molar-refractivity contribution in [2.75, 3.05) is 19.0 Å². The third-order valence-corrected chi connectivity index (χ3v) is 2.37. The van der Waals surface area contributed by atoms with Gasteiger partial charge in [0.2, 0.25) is 5.91 Å². The average Bonchev–Trinajstić information content (AvgIpc) is 2.01. The molecule has 0 radical (unpaired) electrons. The second-order valence-corrected chi connectivity index (χ2v) is 3.82. The second kappa shape index (κ2) is 3.62. The van der Waals surface area contributed by atoms with Gasteiger partial charge >= 0.3 is 0 Å². The molecule has 1 saturated heterocycles. The number of carbonyl (C=O) groups is 1. The molecule has 1 unspecified atom stereocenters. The number of hydrogen-bond donors (Lipinski definition) is 1. The van der Waals surface area contributed by atoms with E-state index in [9.17, 15) is 9.90 Å². The van der Waals surface area contributed by atoms with Gasteiger partial charge in [0.15, 0.2) is 0 Å². The zero-order chi connectivity index (χ0) is 9.19. The Kier molecular flexibility index (Phi) is 2.96. The van der Waals surface area contributed by atoms with E-state index in [2.05, 4.69) is 0 Å². The molecule has 12 heavy (non-hydrogen) atoms. The third-order valence-electron chi connectivity index (χ3n) is 2.14. The highest BCUT2D eigenvalue weighted by molar-refractivity contribution is 6.27. The van der Waals surface area contributed by atoms with Crippen LogP contribution in [0, 0.1) is 0 Å². The summed E-state index contributed by atoms with van der Waals surface area (Å²) < 4.78 is 0. The Morgan fingerprint density at radius 3 is 2.92 bits per heavy atom. The molecule has 0 aromatic carbocycles. The SMILES string of the molecule is CC1(O)CCCN(C(=O)CCl)C1. The molecule has 70 valence electrons. The van der Waals surface area contributed by atoms with Gasteiger partial charge in [-0.15, -0.1) is 11.6 Å². The third kappa shape index (κ3) is 2.35. The van der Waals surface area contributed by atoms with E-state index in [4.69, 9.17) is 11.6 Å². The van der Waals surface area contributed by atoms with Crippen LogP contribution in [0.15, 0.2) is 0 Å². The smallest absolute Gasteiger partial charge is 0.237 e. The summed E-state index contributed by atoms with van der Waals surface area (Å²) in [6.07, 6.45) is 1.62. The molecule has 1 amide bonds. The van der Waals surface area contributed by atoms with Crippen LogP contribution in [0.4, 0.5) is 0 Å². The lowest BCUT2D eigenvalue weighted by Crippen LogP contribution is -2.48. The van der Waals surface area contributed by atoms with Gasteiger partial charge in [-0.3, -0.25) is 4.79 Å². The van der Waals surface area contributed by atoms with Crippen LogP contribution in [0.1, 0.15) is 19.8 Å². The molecule has 0 bridgehead atoms. The standard InChI is InChI=1S/C8H14ClNO2/c1-8(12)3-2-4-10(6-8)7(11)5-9/h12H,2-6H2,1H3. The van der Waals surface area contributed by atoms with E-state index >= 15 is 0 Å². The van der Waals surface area contributed by atoms with E-state index in [1.54, 1.807) is 11.8 Å². The quantitative estimate of drug-likeness (QED) is 0.617. The first-order valence-corrected chi connectivity index (χ1v) is 4.65. The van der Waals surface area contributed by atoms with Crippen LogP contribution < -0.4 is 0 Å². The molecule has 0 saturated carbocycles. The summed E-state index contributed by atoms with van der Waals surface area (Å²) in [5, 5.41) is 9.65. The minimum absolute atomic E-state index is 0.0100. The summed E-state index contributed by atoms with van der Waals surface area (Å²) >= 11 is 5.41. The lowest BCUT2D eigenvalue weighted by Gasteiger charge is -2.36. The van der Waals surface area contributed by atoms with Gasteiger partial charge in [-0.2, -0.15) is 0 Å². The van der Waals surface area contributed by atoms with E-state index in [0.29, 0.717) is 6.54 Å². The number of amides is 1. The number of hydrogen-bond acceptors (Lipinski definition) is 2. The van der Waals surface area contributed by atoms with Gasteiger partial charge in [0.05, 0.1) is 5.60 Å². The summed E-state index contributed by atoms with van der Waals surface area (Å²) in [5.74, 6) is -0.0764. The Balaban J connectivity index is 2.52. The summed E-state index contributed by atoms with van der Waals surface area (Å²) in [6, 6.07) is 0. The second-order valence-electron chi connectivity index (χ2n) is 3.55. The van der Waals surface area contributed by atoms with Crippen molar-refractivity contribution in [3.63, 3.8) is 0 Å². The minimum Gasteiger partial charge on any atom is -0.388 e. The fourth-order valence-electron chi connectivity index (χ4n) is 1.52. The van der Waals surface area contributed by atoms with Crippen LogP contribution in [0.25, 0.3) is 0 Å². The first kappa shape index (κ1) is 9.81. The molecule has 1 aliphatic heterocycles. The van der Waals surface area contributed by atoms with Gasteiger partial charge in [-0.1, -0.05) is 0 Å². The minimum atomic E-state index is -0.722. The highest BCUT2D eigenvalue weighted by Crippen LogP contribution is 2.20. The molecule has 1 N–H and O–H groups in total. The van der Waals surface area contributed by atoms with Crippen molar-refractivity contribution in [1.29, 1.82) is 0 Å². The fraction of sp³-hybridized carbons (Fsp3) is 0.875. The van der Waals surface area contributed by atoms with E-state index in [0.717, 1.165) is 19.4 Å². The molecule has 0 aromatic rings. The molecule has 1 heterocycles. The van der Waals surface area contributed by atoms with Crippen LogP contribution in [-0.2, 0) is 4.79 Å². The van der Waals surface area contributed by atoms with Crippen LogP contribution >= 0.6 is 11.6 Å². The summed E-state index contributed by atoms with van der Waals surface area (Å²) in [5.41, 5.74) is -0.722. The number of likely N-dealkylation sites (tertiary alicyclic amines) is 1. The Morgan fingerprint density at radius 2 is 2.42 bits per heavy atom. The van der Waals surface area contributed by atoms with Gasteiger partial charge in [0, 0.05) is 13.1 Å². The van der Waals surface area contributed by atoms with Gasteiger partial charge in [-0.25, -0.2) is 0 Å². The number of β-amino-alcohol motifs (C(OH)–C–C–N with tert-alkyl or cyclic N) is 1.